The number of aromatic hydroxyl groups is 1. The molecule has 4 aromatic rings. The third kappa shape index (κ3) is 2.78. The normalized spacial score (nSPS) is 11.8. The van der Waals surface area contributed by atoms with Crippen molar-refractivity contribution in [1.82, 2.24) is 4.98 Å². The summed E-state index contributed by atoms with van der Waals surface area (Å²) < 4.78 is 0.896. The van der Waals surface area contributed by atoms with Gasteiger partial charge < -0.3 is 10.1 Å². The Morgan fingerprint density at radius 3 is 2.72 bits per heavy atom. The molecule has 0 unspecified atom stereocenters. The maximum absolute atomic E-state index is 12.4. The van der Waals surface area contributed by atoms with Gasteiger partial charge >= 0.3 is 5.91 Å². The van der Waals surface area contributed by atoms with Gasteiger partial charge in [0.1, 0.15) is 4.88 Å². The number of rotatable bonds is 2. The van der Waals surface area contributed by atoms with Gasteiger partial charge in [0, 0.05) is 20.5 Å². The molecular weight excluding hydrogens is 381 g/mol. The average Bonchev–Trinajstić information content (AvgIpc) is 3.10. The van der Waals surface area contributed by atoms with Gasteiger partial charge in [0.05, 0.1) is 10.5 Å². The Balaban J connectivity index is 1.74. The second kappa shape index (κ2) is 6.15. The molecule has 0 aliphatic rings. The van der Waals surface area contributed by atoms with Gasteiger partial charge in [-0.3, -0.25) is 4.79 Å². The van der Waals surface area contributed by atoms with Gasteiger partial charge in [-0.15, -0.1) is 21.6 Å². The molecule has 0 atom stereocenters. The highest BCUT2D eigenvalue weighted by atomic mass is 35.5. The molecule has 2 aromatic carbocycles. The van der Waals surface area contributed by atoms with Crippen molar-refractivity contribution < 1.29 is 9.90 Å². The summed E-state index contributed by atoms with van der Waals surface area (Å²) >= 11 is 13.5. The molecule has 0 fully saturated rings. The van der Waals surface area contributed by atoms with Crippen LogP contribution in [0.15, 0.2) is 52.7 Å². The Hall–Kier alpha value is -2.41. The van der Waals surface area contributed by atoms with Crippen LogP contribution in [0, 0.1) is 0 Å². The number of nitrogens with zero attached hydrogens (tertiary/aromatic N) is 2. The number of fused-ring (bicyclic) bond motifs is 2. The molecule has 124 valence electrons. The lowest BCUT2D eigenvalue weighted by Crippen LogP contribution is -1.89. The van der Waals surface area contributed by atoms with Gasteiger partial charge in [0.2, 0.25) is 5.88 Å². The summed E-state index contributed by atoms with van der Waals surface area (Å²) in [5.41, 5.74) is 0.797. The molecule has 2 N–H and O–H groups in total. The van der Waals surface area contributed by atoms with Crippen molar-refractivity contribution in [3.8, 4) is 5.88 Å². The van der Waals surface area contributed by atoms with Crippen LogP contribution in [0.25, 0.3) is 21.0 Å². The van der Waals surface area contributed by atoms with Crippen molar-refractivity contribution >= 4 is 67.1 Å². The number of carbonyl (C=O) groups is 1. The summed E-state index contributed by atoms with van der Waals surface area (Å²) in [6, 6.07) is 12.5. The predicted octanol–water partition coefficient (Wildman–Crippen LogP) is 6.32. The van der Waals surface area contributed by atoms with E-state index in [0.717, 1.165) is 10.1 Å². The molecule has 2 heterocycles. The Kier molecular flexibility index (Phi) is 3.95. The molecule has 0 saturated carbocycles. The Bertz CT molecular complexity index is 1160. The van der Waals surface area contributed by atoms with Gasteiger partial charge in [-0.25, -0.2) is 0 Å². The zero-order chi connectivity index (χ0) is 17.6. The number of aromatic nitrogens is 1. The Morgan fingerprint density at radius 1 is 1.12 bits per heavy atom. The van der Waals surface area contributed by atoms with Gasteiger partial charge in [-0.1, -0.05) is 41.4 Å². The van der Waals surface area contributed by atoms with E-state index in [9.17, 15) is 9.90 Å². The summed E-state index contributed by atoms with van der Waals surface area (Å²) in [7, 11) is 0. The smallest absolute Gasteiger partial charge is 0.307 e. The van der Waals surface area contributed by atoms with Crippen LogP contribution in [0.3, 0.4) is 0 Å². The van der Waals surface area contributed by atoms with E-state index in [-0.39, 0.29) is 11.6 Å². The van der Waals surface area contributed by atoms with E-state index < -0.39 is 5.91 Å². The summed E-state index contributed by atoms with van der Waals surface area (Å²) in [6.45, 7) is 0. The molecule has 25 heavy (non-hydrogen) atoms. The maximum atomic E-state index is 12.4. The first-order valence-corrected chi connectivity index (χ1v) is 8.75. The highest BCUT2D eigenvalue weighted by Gasteiger charge is 2.17. The second-order valence-corrected chi connectivity index (χ2v) is 7.13. The zero-order valence-electron chi connectivity index (χ0n) is 12.5. The van der Waals surface area contributed by atoms with Crippen LogP contribution < -0.4 is 0 Å². The first-order chi connectivity index (χ1) is 12.0. The number of nitrogens with one attached hydrogen (secondary N) is 1. The third-order valence-corrected chi connectivity index (χ3v) is 5.58. The molecule has 0 saturated heterocycles. The number of H-pyrrole nitrogens is 1. The number of aromatic amines is 1. The first-order valence-electron chi connectivity index (χ1n) is 7.18. The molecule has 0 radical (unpaired) electrons. The number of thiophene rings is 1. The fraction of sp³-hybridized carbons (Fsp3) is 0. The summed E-state index contributed by atoms with van der Waals surface area (Å²) in [5.74, 6) is -0.752. The van der Waals surface area contributed by atoms with E-state index in [0.29, 0.717) is 25.8 Å². The lowest BCUT2D eigenvalue weighted by Gasteiger charge is -1.93. The lowest BCUT2D eigenvalue weighted by molar-refractivity contribution is 0.0999. The lowest BCUT2D eigenvalue weighted by atomic mass is 10.2. The van der Waals surface area contributed by atoms with Crippen molar-refractivity contribution in [3.63, 3.8) is 0 Å². The van der Waals surface area contributed by atoms with Crippen LogP contribution in [0.4, 0.5) is 5.69 Å². The monoisotopic (exact) mass is 389 g/mol. The van der Waals surface area contributed by atoms with Gasteiger partial charge in [-0.2, -0.15) is 0 Å². The number of amides is 1. The molecule has 0 aliphatic carbocycles. The number of azo groups is 1. The number of benzene rings is 2. The van der Waals surface area contributed by atoms with Crippen LogP contribution in [-0.2, 0) is 0 Å². The van der Waals surface area contributed by atoms with Crippen molar-refractivity contribution in [2.45, 2.75) is 0 Å². The van der Waals surface area contributed by atoms with Crippen molar-refractivity contribution in [2.75, 3.05) is 0 Å². The third-order valence-electron chi connectivity index (χ3n) is 3.68. The molecular formula is C17H9Cl2N3O2S. The largest absolute Gasteiger partial charge is 0.493 e. The minimum absolute atomic E-state index is 0.156. The van der Waals surface area contributed by atoms with Crippen LogP contribution in [0.5, 0.6) is 5.88 Å². The molecule has 0 spiro atoms. The molecule has 0 bridgehead atoms. The molecule has 2 aromatic heterocycles. The average molecular weight is 390 g/mol. The quantitative estimate of drug-likeness (QED) is 0.393. The summed E-state index contributed by atoms with van der Waals surface area (Å²) in [6.07, 6.45) is 0. The molecule has 0 aliphatic heterocycles. The van der Waals surface area contributed by atoms with Crippen molar-refractivity contribution in [1.29, 1.82) is 0 Å². The van der Waals surface area contributed by atoms with E-state index in [1.165, 1.54) is 11.3 Å². The molecule has 8 heteroatoms. The highest BCUT2D eigenvalue weighted by Crippen LogP contribution is 2.38. The first kappa shape index (κ1) is 16.1. The minimum atomic E-state index is -0.568. The van der Waals surface area contributed by atoms with Gasteiger partial charge in [0.15, 0.2) is 5.69 Å². The minimum Gasteiger partial charge on any atom is -0.493 e. The summed E-state index contributed by atoms with van der Waals surface area (Å²) in [4.78, 5) is 15.5. The van der Waals surface area contributed by atoms with E-state index in [1.54, 1.807) is 18.2 Å². The van der Waals surface area contributed by atoms with Crippen molar-refractivity contribution in [3.05, 3.63) is 57.4 Å². The van der Waals surface area contributed by atoms with E-state index in [4.69, 9.17) is 23.2 Å². The highest BCUT2D eigenvalue weighted by molar-refractivity contribution is 7.21. The fourth-order valence-corrected chi connectivity index (χ4v) is 4.09. The SMILES string of the molecule is O=C(N=Nc1c(O)[nH]c2ccc(Cl)cc12)c1sc2ccccc2c1Cl. The van der Waals surface area contributed by atoms with Gasteiger partial charge in [0.25, 0.3) is 0 Å². The van der Waals surface area contributed by atoms with Gasteiger partial charge in [-0.05, 0) is 24.3 Å². The van der Waals surface area contributed by atoms with E-state index in [1.807, 2.05) is 24.3 Å². The molecule has 4 rings (SSSR count). The number of carbonyl (C=O) groups excluding carboxylic acids is 1. The van der Waals surface area contributed by atoms with Crippen LogP contribution in [0.1, 0.15) is 9.67 Å². The summed E-state index contributed by atoms with van der Waals surface area (Å²) in [5, 5.41) is 19.8. The topological polar surface area (TPSA) is 77.8 Å². The van der Waals surface area contributed by atoms with Crippen molar-refractivity contribution in [2.24, 2.45) is 10.2 Å². The maximum Gasteiger partial charge on any atom is 0.307 e. The second-order valence-electron chi connectivity index (χ2n) is 5.26. The standard InChI is InChI=1S/C17H9Cl2N3O2S/c18-8-5-6-11-10(7-8)14(16(23)20-11)21-22-17(24)15-13(19)9-3-1-2-4-12(9)25-15/h1-7,20,23H. The zero-order valence-corrected chi connectivity index (χ0v) is 14.8. The number of hydrogen-bond acceptors (Lipinski definition) is 4. The predicted molar refractivity (Wildman–Crippen MR) is 101 cm³/mol. The van der Waals surface area contributed by atoms with E-state index in [2.05, 4.69) is 15.2 Å². The van der Waals surface area contributed by atoms with Crippen LogP contribution in [0.2, 0.25) is 10.0 Å². The number of halogens is 2. The Morgan fingerprint density at radius 2 is 1.92 bits per heavy atom. The molecule has 1 amide bonds. The molecule has 5 nitrogen and oxygen atoms in total. The Labute approximate surface area is 155 Å². The van der Waals surface area contributed by atoms with Crippen LogP contribution >= 0.6 is 34.5 Å². The van der Waals surface area contributed by atoms with Crippen LogP contribution in [-0.4, -0.2) is 16.0 Å². The number of hydrogen-bond donors (Lipinski definition) is 2. The van der Waals surface area contributed by atoms with E-state index >= 15 is 0 Å². The fourth-order valence-electron chi connectivity index (χ4n) is 2.53.